The molecular weight excluding hydrogens is 324 g/mol. The molecule has 138 valence electrons. The molecule has 0 saturated heterocycles. The summed E-state index contributed by atoms with van der Waals surface area (Å²) in [4.78, 5) is 14.8. The molecule has 0 atom stereocenters. The van der Waals surface area contributed by atoms with Crippen LogP contribution in [-0.4, -0.2) is 75.3 Å². The van der Waals surface area contributed by atoms with Gasteiger partial charge in [-0.15, -0.1) is 0 Å². The Morgan fingerprint density at radius 2 is 1.42 bits per heavy atom. The van der Waals surface area contributed by atoms with E-state index in [9.17, 15) is 4.79 Å². The lowest BCUT2D eigenvalue weighted by Gasteiger charge is -2.48. The molecule has 0 spiro atoms. The van der Waals surface area contributed by atoms with E-state index in [2.05, 4.69) is 0 Å². The van der Waals surface area contributed by atoms with Crippen molar-refractivity contribution < 1.29 is 19.0 Å². The zero-order valence-electron chi connectivity index (χ0n) is 18.0. The fraction of sp³-hybridized carbons (Fsp3) is 0.562. The highest BCUT2D eigenvalue weighted by atomic mass is 16.7. The van der Waals surface area contributed by atoms with Crippen LogP contribution >= 0.6 is 0 Å². The fourth-order valence-electron chi connectivity index (χ4n) is 3.19. The van der Waals surface area contributed by atoms with Gasteiger partial charge in [0, 0.05) is 25.1 Å². The van der Waals surface area contributed by atoms with Gasteiger partial charge in [0.05, 0.1) is 0 Å². The average molecular weight is 354 g/mol. The van der Waals surface area contributed by atoms with Gasteiger partial charge in [0.25, 0.3) is 0 Å². The second-order valence-electron chi connectivity index (χ2n) is 8.97. The maximum atomic E-state index is 13.0. The van der Waals surface area contributed by atoms with Gasteiger partial charge < -0.3 is 19.1 Å². The van der Waals surface area contributed by atoms with Crippen LogP contribution in [0.25, 0.3) is 0 Å². The quantitative estimate of drug-likeness (QED) is 0.442. The van der Waals surface area contributed by atoms with Gasteiger partial charge in [0.2, 0.25) is 0 Å². The second-order valence-corrected chi connectivity index (χ2v) is 8.97. The Morgan fingerprint density at radius 1 is 0.962 bits per heavy atom. The lowest BCUT2D eigenvalue weighted by molar-refractivity contribution is -0.106. The number of amides is 1. The number of hydrogen-bond donors (Lipinski definition) is 0. The molecule has 0 aromatic heterocycles. The fourth-order valence-corrected chi connectivity index (χ4v) is 3.19. The van der Waals surface area contributed by atoms with E-state index in [1.807, 2.05) is 84.3 Å². The Labute approximate surface area is 162 Å². The van der Waals surface area contributed by atoms with Crippen molar-refractivity contribution in [1.29, 1.82) is 0 Å². The zero-order chi connectivity index (χ0) is 20.3. The van der Waals surface area contributed by atoms with Crippen LogP contribution in [0.5, 0.6) is 0 Å². The first-order valence-corrected chi connectivity index (χ1v) is 8.93. The highest BCUT2D eigenvalue weighted by Gasteiger charge is 2.41. The third-order valence-corrected chi connectivity index (χ3v) is 4.12. The number of benzene rings is 1. The van der Waals surface area contributed by atoms with Crippen molar-refractivity contribution in [2.75, 3.05) is 14.2 Å². The van der Waals surface area contributed by atoms with Crippen LogP contribution in [0, 0.1) is 0 Å². The van der Waals surface area contributed by atoms with Crippen LogP contribution in [0.1, 0.15) is 38.2 Å². The number of methoxy groups -OCH3 is 2. The highest BCUT2D eigenvalue weighted by molar-refractivity contribution is 6.60. The Balaban J connectivity index is 3.26. The Morgan fingerprint density at radius 3 is 1.77 bits per heavy atom. The van der Waals surface area contributed by atoms with E-state index in [1.165, 1.54) is 0 Å². The molecule has 0 saturated carbocycles. The maximum absolute atomic E-state index is 13.0. The maximum Gasteiger partial charge on any atom is 0.408 e. The van der Waals surface area contributed by atoms with E-state index in [0.29, 0.717) is 0 Å². The third-order valence-electron chi connectivity index (χ3n) is 4.12. The van der Waals surface area contributed by atoms with Crippen LogP contribution < -0.4 is 0 Å². The van der Waals surface area contributed by atoms with E-state index in [1.54, 1.807) is 19.1 Å². The number of nitrogens with zero attached hydrogens (tertiary/aromatic N) is 1. The Bertz CT molecular complexity index is 607. The monoisotopic (exact) mass is 355 g/mol. The summed E-state index contributed by atoms with van der Waals surface area (Å²) >= 11 is 0. The summed E-state index contributed by atoms with van der Waals surface area (Å²) in [5, 5.41) is -0.971. The van der Waals surface area contributed by atoms with Crippen LogP contribution in [0.4, 0.5) is 4.79 Å². The van der Waals surface area contributed by atoms with Crippen molar-refractivity contribution in [3.05, 3.63) is 35.4 Å². The van der Waals surface area contributed by atoms with Gasteiger partial charge in [-0.3, -0.25) is 0 Å². The number of carbonyl (C=O) groups is 1. The molecule has 26 heavy (non-hydrogen) atoms. The number of hydrogen-bond acceptors (Lipinski definition) is 4. The predicted octanol–water partition coefficient (Wildman–Crippen LogP) is -1.90. The van der Waals surface area contributed by atoms with E-state index in [-0.39, 0.29) is 6.09 Å². The van der Waals surface area contributed by atoms with Crippen LogP contribution in [-0.2, 0) is 19.5 Å². The van der Waals surface area contributed by atoms with Crippen LogP contribution in [0.2, 0.25) is 0 Å². The number of carbonyl (C=O) groups excluding carboxylic acids is 1. The topological polar surface area (TPSA) is 48.0 Å². The standard InChI is InChI=1S/C16H30B5NO4/c1-14(2,3)26-13(23)22(16(19,20)21)15(17,18)11-8-6-10(7-9-11)12(24-4)25-5/h6-9,12H,17-21H2,1-5H3. The first-order valence-electron chi connectivity index (χ1n) is 8.93. The molecule has 0 heterocycles. The minimum Gasteiger partial charge on any atom is -0.444 e. The minimum atomic E-state index is -0.561. The summed E-state index contributed by atoms with van der Waals surface area (Å²) in [7, 11) is 13.3. The average Bonchev–Trinajstić information content (AvgIpc) is 2.45. The van der Waals surface area contributed by atoms with E-state index >= 15 is 0 Å². The zero-order valence-corrected chi connectivity index (χ0v) is 18.0. The number of rotatable bonds is 6. The van der Waals surface area contributed by atoms with Gasteiger partial charge in [-0.05, 0) is 31.6 Å². The first kappa shape index (κ1) is 22.8. The number of ether oxygens (including phenoxy) is 3. The largest absolute Gasteiger partial charge is 0.444 e. The molecular formula is C16H30B5NO4. The van der Waals surface area contributed by atoms with Gasteiger partial charge in [0.15, 0.2) is 6.29 Å². The van der Waals surface area contributed by atoms with E-state index in [4.69, 9.17) is 14.2 Å². The summed E-state index contributed by atoms with van der Waals surface area (Å²) in [6.07, 6.45) is -0.734. The second kappa shape index (κ2) is 8.18. The Hall–Kier alpha value is -1.27. The van der Waals surface area contributed by atoms with E-state index < -0.39 is 22.5 Å². The molecule has 0 bridgehead atoms. The van der Waals surface area contributed by atoms with Gasteiger partial charge in [0.1, 0.15) is 44.8 Å². The smallest absolute Gasteiger partial charge is 0.408 e. The summed E-state index contributed by atoms with van der Waals surface area (Å²) in [6.45, 7) is 5.63. The first-order chi connectivity index (χ1) is 11.7. The SMILES string of the molecule is BC(B)(B)N(C(=O)OC(C)(C)C)C(B)(B)c1ccc(C(OC)OC)cc1. The lowest BCUT2D eigenvalue weighted by atomic mass is 9.44. The van der Waals surface area contributed by atoms with Gasteiger partial charge in [-0.1, -0.05) is 24.3 Å². The predicted molar refractivity (Wildman–Crippen MR) is 118 cm³/mol. The Kier molecular flexibility index (Phi) is 7.16. The summed E-state index contributed by atoms with van der Waals surface area (Å²) in [5.74, 6) is 0. The van der Waals surface area contributed by atoms with Crippen LogP contribution in [0.15, 0.2) is 24.3 Å². The van der Waals surface area contributed by atoms with Gasteiger partial charge in [-0.2, -0.15) is 0 Å². The molecule has 0 N–H and O–H groups in total. The molecule has 1 rings (SSSR count). The molecule has 10 heteroatoms. The van der Waals surface area contributed by atoms with E-state index in [0.717, 1.165) is 11.1 Å². The highest BCUT2D eigenvalue weighted by Crippen LogP contribution is 2.29. The minimum absolute atomic E-state index is 0.328. The van der Waals surface area contributed by atoms with Gasteiger partial charge in [-0.25, -0.2) is 4.79 Å². The normalized spacial score (nSPS) is 12.8. The summed E-state index contributed by atoms with van der Waals surface area (Å²) < 4.78 is 16.3. The summed E-state index contributed by atoms with van der Waals surface area (Å²) in [5.41, 5.74) is 1.38. The van der Waals surface area contributed by atoms with Crippen molar-refractivity contribution in [3.8, 4) is 0 Å². The van der Waals surface area contributed by atoms with Crippen LogP contribution in [0.3, 0.4) is 0 Å². The van der Waals surface area contributed by atoms with Crippen molar-refractivity contribution in [2.24, 2.45) is 0 Å². The lowest BCUT2D eigenvalue weighted by Crippen LogP contribution is -2.64. The molecule has 0 fully saturated rings. The third kappa shape index (κ3) is 5.61. The molecule has 0 aliphatic heterocycles. The molecule has 0 unspecified atom stereocenters. The molecule has 1 aromatic carbocycles. The molecule has 5 nitrogen and oxygen atoms in total. The summed E-state index contributed by atoms with van der Waals surface area (Å²) in [6, 6.07) is 7.93. The van der Waals surface area contributed by atoms with Crippen molar-refractivity contribution in [1.82, 2.24) is 4.90 Å². The van der Waals surface area contributed by atoms with Crippen molar-refractivity contribution in [3.63, 3.8) is 0 Å². The van der Waals surface area contributed by atoms with Crippen molar-refractivity contribution in [2.45, 2.75) is 43.2 Å². The molecule has 0 aliphatic carbocycles. The van der Waals surface area contributed by atoms with Gasteiger partial charge >= 0.3 is 6.09 Å². The molecule has 1 aromatic rings. The molecule has 0 radical (unpaired) electrons. The molecule has 1 amide bonds. The molecule has 0 aliphatic rings. The van der Waals surface area contributed by atoms with Crippen molar-refractivity contribution >= 4 is 45.3 Å².